The van der Waals surface area contributed by atoms with E-state index in [1.165, 1.54) is 5.56 Å². The van der Waals surface area contributed by atoms with Crippen LogP contribution in [-0.2, 0) is 6.54 Å². The largest absolute Gasteiger partial charge is 0.491 e. The lowest BCUT2D eigenvalue weighted by Gasteiger charge is -2.16. The molecule has 0 aliphatic rings. The smallest absolute Gasteiger partial charge is 0.124 e. The Kier molecular flexibility index (Phi) is 4.91. The van der Waals surface area contributed by atoms with Crippen molar-refractivity contribution in [2.75, 3.05) is 5.32 Å². The van der Waals surface area contributed by atoms with Crippen molar-refractivity contribution in [1.29, 1.82) is 0 Å². The molecule has 0 saturated carbocycles. The van der Waals surface area contributed by atoms with Gasteiger partial charge in [-0.25, -0.2) is 0 Å². The first-order valence-electron chi connectivity index (χ1n) is 6.81. The molecule has 20 heavy (non-hydrogen) atoms. The van der Waals surface area contributed by atoms with E-state index in [1.807, 2.05) is 50.2 Å². The topological polar surface area (TPSA) is 21.3 Å². The highest BCUT2D eigenvalue weighted by molar-refractivity contribution is 6.30. The molecule has 3 heteroatoms. The molecule has 1 N–H and O–H groups in total. The van der Waals surface area contributed by atoms with E-state index in [0.717, 1.165) is 22.0 Å². The molecule has 0 unspecified atom stereocenters. The quantitative estimate of drug-likeness (QED) is 0.832. The first-order chi connectivity index (χ1) is 9.56. The molecule has 2 aromatic rings. The Morgan fingerprint density at radius 2 is 1.90 bits per heavy atom. The third kappa shape index (κ3) is 3.91. The number of anilines is 1. The third-order valence-corrected chi connectivity index (χ3v) is 3.24. The van der Waals surface area contributed by atoms with Crippen molar-refractivity contribution in [2.45, 2.75) is 33.4 Å². The number of aryl methyl sites for hydroxylation is 1. The number of ether oxygens (including phenoxy) is 1. The zero-order valence-corrected chi connectivity index (χ0v) is 12.9. The summed E-state index contributed by atoms with van der Waals surface area (Å²) in [7, 11) is 0. The maximum Gasteiger partial charge on any atom is 0.124 e. The molecular weight excluding hydrogens is 270 g/mol. The van der Waals surface area contributed by atoms with Gasteiger partial charge in [-0.15, -0.1) is 0 Å². The molecule has 0 bridgehead atoms. The van der Waals surface area contributed by atoms with Gasteiger partial charge in [-0.2, -0.15) is 0 Å². The molecule has 0 heterocycles. The minimum Gasteiger partial charge on any atom is -0.491 e. The Morgan fingerprint density at radius 3 is 2.65 bits per heavy atom. The minimum atomic E-state index is 0.170. The fraction of sp³-hybridized carbons (Fsp3) is 0.294. The van der Waals surface area contributed by atoms with E-state index in [9.17, 15) is 0 Å². The second-order valence-corrected chi connectivity index (χ2v) is 5.52. The van der Waals surface area contributed by atoms with E-state index in [4.69, 9.17) is 16.3 Å². The van der Waals surface area contributed by atoms with Gasteiger partial charge in [0.1, 0.15) is 5.75 Å². The van der Waals surface area contributed by atoms with E-state index >= 15 is 0 Å². The Hall–Kier alpha value is -1.67. The first-order valence-corrected chi connectivity index (χ1v) is 7.18. The van der Waals surface area contributed by atoms with Crippen LogP contribution in [0.15, 0.2) is 42.5 Å². The zero-order chi connectivity index (χ0) is 14.5. The summed E-state index contributed by atoms with van der Waals surface area (Å²) in [6.07, 6.45) is 0.170. The fourth-order valence-electron chi connectivity index (χ4n) is 1.99. The van der Waals surface area contributed by atoms with Crippen LogP contribution in [-0.4, -0.2) is 6.10 Å². The highest BCUT2D eigenvalue weighted by Crippen LogP contribution is 2.24. The Morgan fingerprint density at radius 1 is 1.15 bits per heavy atom. The highest BCUT2D eigenvalue weighted by atomic mass is 35.5. The van der Waals surface area contributed by atoms with Crippen molar-refractivity contribution >= 4 is 17.3 Å². The van der Waals surface area contributed by atoms with Gasteiger partial charge in [-0.05, 0) is 44.5 Å². The summed E-state index contributed by atoms with van der Waals surface area (Å²) in [5.41, 5.74) is 3.37. The average molecular weight is 290 g/mol. The van der Waals surface area contributed by atoms with Crippen LogP contribution in [0.25, 0.3) is 0 Å². The number of hydrogen-bond donors (Lipinski definition) is 1. The summed E-state index contributed by atoms with van der Waals surface area (Å²) in [5, 5.41) is 4.16. The molecule has 0 amide bonds. The maximum atomic E-state index is 6.03. The van der Waals surface area contributed by atoms with Gasteiger partial charge < -0.3 is 10.1 Å². The number of rotatable bonds is 5. The molecule has 0 spiro atoms. The Balaban J connectivity index is 2.12. The predicted molar refractivity (Wildman–Crippen MR) is 85.7 cm³/mol. The van der Waals surface area contributed by atoms with Gasteiger partial charge in [-0.3, -0.25) is 0 Å². The normalized spacial score (nSPS) is 10.7. The summed E-state index contributed by atoms with van der Waals surface area (Å²) < 4.78 is 5.82. The van der Waals surface area contributed by atoms with Gasteiger partial charge >= 0.3 is 0 Å². The minimum absolute atomic E-state index is 0.170. The van der Waals surface area contributed by atoms with Crippen molar-refractivity contribution in [1.82, 2.24) is 0 Å². The zero-order valence-electron chi connectivity index (χ0n) is 12.1. The molecule has 0 radical (unpaired) electrons. The number of nitrogens with one attached hydrogen (secondary N) is 1. The van der Waals surface area contributed by atoms with E-state index in [0.29, 0.717) is 6.54 Å². The lowest BCUT2D eigenvalue weighted by Crippen LogP contribution is -2.09. The number of para-hydroxylation sites is 1. The summed E-state index contributed by atoms with van der Waals surface area (Å²) in [6.45, 7) is 6.84. The molecule has 2 rings (SSSR count). The standard InChI is InChI=1S/C17H20ClNO/c1-12(2)20-17-7-5-4-6-14(17)11-19-16-10-15(18)9-8-13(16)3/h4-10,12,19H,11H2,1-3H3. The molecule has 0 saturated heterocycles. The van der Waals surface area contributed by atoms with E-state index in [-0.39, 0.29) is 6.10 Å². The van der Waals surface area contributed by atoms with Gasteiger partial charge in [0.25, 0.3) is 0 Å². The Bertz CT molecular complexity index is 581. The van der Waals surface area contributed by atoms with Crippen molar-refractivity contribution in [3.63, 3.8) is 0 Å². The second-order valence-electron chi connectivity index (χ2n) is 5.09. The molecule has 0 aliphatic carbocycles. The monoisotopic (exact) mass is 289 g/mol. The van der Waals surface area contributed by atoms with Crippen LogP contribution >= 0.6 is 11.6 Å². The average Bonchev–Trinajstić information content (AvgIpc) is 2.41. The first kappa shape index (κ1) is 14.7. The maximum absolute atomic E-state index is 6.03. The molecule has 2 nitrogen and oxygen atoms in total. The van der Waals surface area contributed by atoms with Gasteiger partial charge in [0.15, 0.2) is 0 Å². The van der Waals surface area contributed by atoms with Crippen LogP contribution in [0.3, 0.4) is 0 Å². The van der Waals surface area contributed by atoms with Gasteiger partial charge in [-0.1, -0.05) is 35.9 Å². The fourth-order valence-corrected chi connectivity index (χ4v) is 2.17. The van der Waals surface area contributed by atoms with Crippen LogP contribution < -0.4 is 10.1 Å². The predicted octanol–water partition coefficient (Wildman–Crippen LogP) is 5.05. The second kappa shape index (κ2) is 6.67. The number of benzene rings is 2. The number of hydrogen-bond acceptors (Lipinski definition) is 2. The molecule has 0 aliphatic heterocycles. The lowest BCUT2D eigenvalue weighted by atomic mass is 10.1. The molecule has 106 valence electrons. The lowest BCUT2D eigenvalue weighted by molar-refractivity contribution is 0.240. The van der Waals surface area contributed by atoms with Crippen molar-refractivity contribution < 1.29 is 4.74 Å². The van der Waals surface area contributed by atoms with Gasteiger partial charge in [0, 0.05) is 22.8 Å². The van der Waals surface area contributed by atoms with Crippen molar-refractivity contribution in [3.05, 3.63) is 58.6 Å². The van der Waals surface area contributed by atoms with Crippen molar-refractivity contribution in [3.8, 4) is 5.75 Å². The molecule has 0 atom stereocenters. The molecular formula is C17H20ClNO. The SMILES string of the molecule is Cc1ccc(Cl)cc1NCc1ccccc1OC(C)C. The van der Waals surface area contributed by atoms with E-state index in [1.54, 1.807) is 0 Å². The van der Waals surface area contributed by atoms with Gasteiger partial charge in [0.05, 0.1) is 6.10 Å². The summed E-state index contributed by atoms with van der Waals surface area (Å²) in [6, 6.07) is 14.0. The van der Waals surface area contributed by atoms with E-state index in [2.05, 4.69) is 18.3 Å². The summed E-state index contributed by atoms with van der Waals surface area (Å²) >= 11 is 6.03. The molecule has 2 aromatic carbocycles. The third-order valence-electron chi connectivity index (χ3n) is 3.00. The summed E-state index contributed by atoms with van der Waals surface area (Å²) in [4.78, 5) is 0. The Labute approximate surface area is 125 Å². The van der Waals surface area contributed by atoms with Crippen LogP contribution in [0.1, 0.15) is 25.0 Å². The van der Waals surface area contributed by atoms with Crippen molar-refractivity contribution in [2.24, 2.45) is 0 Å². The summed E-state index contributed by atoms with van der Waals surface area (Å²) in [5.74, 6) is 0.926. The highest BCUT2D eigenvalue weighted by Gasteiger charge is 2.06. The van der Waals surface area contributed by atoms with Crippen LogP contribution in [0.2, 0.25) is 5.02 Å². The van der Waals surface area contributed by atoms with Gasteiger partial charge in [0.2, 0.25) is 0 Å². The van der Waals surface area contributed by atoms with Crippen LogP contribution in [0, 0.1) is 6.92 Å². The van der Waals surface area contributed by atoms with E-state index < -0.39 is 0 Å². The molecule has 0 fully saturated rings. The number of halogens is 1. The molecule has 0 aromatic heterocycles. The van der Waals surface area contributed by atoms with Crippen LogP contribution in [0.5, 0.6) is 5.75 Å². The van der Waals surface area contributed by atoms with Crippen LogP contribution in [0.4, 0.5) is 5.69 Å².